The van der Waals surface area contributed by atoms with E-state index >= 15 is 0 Å². The Labute approximate surface area is 144 Å². The van der Waals surface area contributed by atoms with Crippen molar-refractivity contribution in [2.45, 2.75) is 6.42 Å². The highest BCUT2D eigenvalue weighted by atomic mass is 35.5. The number of nitrogens with zero attached hydrogens (tertiary/aromatic N) is 1. The van der Waals surface area contributed by atoms with Crippen molar-refractivity contribution in [1.29, 1.82) is 0 Å². The minimum absolute atomic E-state index is 0.111. The first kappa shape index (κ1) is 16.1. The number of anilines is 1. The molecule has 0 saturated carbocycles. The number of carbonyl (C=O) groups is 1. The molecular weight excluding hydrogens is 328 g/mol. The summed E-state index contributed by atoms with van der Waals surface area (Å²) in [6.07, 6.45) is 0.111. The standard InChI is InChI=1S/C18H15ClN2O3/c1-23-16-7-2-4-12(8-16)17-10-15(21-24-17)11-18(22)20-14-6-3-5-13(19)9-14/h2-10H,11H2,1H3,(H,20,22). The zero-order valence-electron chi connectivity index (χ0n) is 13.0. The van der Waals surface area contributed by atoms with Crippen LogP contribution in [0.15, 0.2) is 59.1 Å². The molecule has 1 heterocycles. The molecule has 0 aliphatic heterocycles. The molecule has 122 valence electrons. The Balaban J connectivity index is 1.68. The van der Waals surface area contributed by atoms with Crippen molar-refractivity contribution in [3.05, 3.63) is 65.3 Å². The largest absolute Gasteiger partial charge is 0.497 e. The van der Waals surface area contributed by atoms with Gasteiger partial charge in [0.15, 0.2) is 5.76 Å². The van der Waals surface area contributed by atoms with Gasteiger partial charge in [0.25, 0.3) is 0 Å². The number of halogens is 1. The Kier molecular flexibility index (Phi) is 4.82. The van der Waals surface area contributed by atoms with Crippen LogP contribution in [-0.2, 0) is 11.2 Å². The third-order valence-corrected chi connectivity index (χ3v) is 3.60. The highest BCUT2D eigenvalue weighted by Crippen LogP contribution is 2.24. The fourth-order valence-corrected chi connectivity index (χ4v) is 2.43. The number of hydrogen-bond donors (Lipinski definition) is 1. The molecule has 0 fully saturated rings. The van der Waals surface area contributed by atoms with Gasteiger partial charge in [0.2, 0.25) is 5.91 Å². The number of aromatic nitrogens is 1. The molecule has 3 rings (SSSR count). The molecule has 24 heavy (non-hydrogen) atoms. The van der Waals surface area contributed by atoms with E-state index in [0.717, 1.165) is 11.3 Å². The maximum atomic E-state index is 12.1. The van der Waals surface area contributed by atoms with Gasteiger partial charge in [0.05, 0.1) is 19.2 Å². The number of carbonyl (C=O) groups excluding carboxylic acids is 1. The van der Waals surface area contributed by atoms with Gasteiger partial charge in [-0.2, -0.15) is 0 Å². The van der Waals surface area contributed by atoms with E-state index in [-0.39, 0.29) is 12.3 Å². The van der Waals surface area contributed by atoms with E-state index in [2.05, 4.69) is 10.5 Å². The average molecular weight is 343 g/mol. The first-order valence-electron chi connectivity index (χ1n) is 7.29. The van der Waals surface area contributed by atoms with Gasteiger partial charge in [-0.25, -0.2) is 0 Å². The van der Waals surface area contributed by atoms with Gasteiger partial charge >= 0.3 is 0 Å². The van der Waals surface area contributed by atoms with E-state index in [1.54, 1.807) is 37.4 Å². The monoisotopic (exact) mass is 342 g/mol. The van der Waals surface area contributed by atoms with Crippen LogP contribution < -0.4 is 10.1 Å². The fraction of sp³-hybridized carbons (Fsp3) is 0.111. The van der Waals surface area contributed by atoms with Crippen LogP contribution in [0, 0.1) is 0 Å². The zero-order chi connectivity index (χ0) is 16.9. The summed E-state index contributed by atoms with van der Waals surface area (Å²) in [7, 11) is 1.60. The number of methoxy groups -OCH3 is 1. The molecule has 5 nitrogen and oxygen atoms in total. The topological polar surface area (TPSA) is 64.4 Å². The van der Waals surface area contributed by atoms with E-state index < -0.39 is 0 Å². The van der Waals surface area contributed by atoms with Crippen LogP contribution in [0.1, 0.15) is 5.69 Å². The molecule has 0 saturated heterocycles. The maximum Gasteiger partial charge on any atom is 0.230 e. The first-order valence-corrected chi connectivity index (χ1v) is 7.67. The van der Waals surface area contributed by atoms with Crippen LogP contribution in [0.3, 0.4) is 0 Å². The lowest BCUT2D eigenvalue weighted by molar-refractivity contribution is -0.115. The van der Waals surface area contributed by atoms with E-state index in [0.29, 0.717) is 22.2 Å². The van der Waals surface area contributed by atoms with Gasteiger partial charge in [-0.3, -0.25) is 4.79 Å². The molecule has 1 N–H and O–H groups in total. The molecule has 0 aliphatic rings. The molecule has 6 heteroatoms. The van der Waals surface area contributed by atoms with E-state index in [4.69, 9.17) is 20.9 Å². The molecule has 0 radical (unpaired) electrons. The van der Waals surface area contributed by atoms with Crippen LogP contribution in [0.25, 0.3) is 11.3 Å². The van der Waals surface area contributed by atoms with Gasteiger partial charge < -0.3 is 14.6 Å². The molecule has 0 atom stereocenters. The van der Waals surface area contributed by atoms with Crippen molar-refractivity contribution in [2.24, 2.45) is 0 Å². The Hall–Kier alpha value is -2.79. The number of ether oxygens (including phenoxy) is 1. The summed E-state index contributed by atoms with van der Waals surface area (Å²) in [5.74, 6) is 1.12. The molecule has 3 aromatic rings. The molecule has 1 amide bonds. The number of amides is 1. The molecule has 0 bridgehead atoms. The van der Waals surface area contributed by atoms with E-state index in [9.17, 15) is 4.79 Å². The lowest BCUT2D eigenvalue weighted by atomic mass is 10.1. The van der Waals surface area contributed by atoms with Gasteiger partial charge in [0.1, 0.15) is 5.75 Å². The average Bonchev–Trinajstić information content (AvgIpc) is 3.03. The second kappa shape index (κ2) is 7.19. The fourth-order valence-electron chi connectivity index (χ4n) is 2.24. The minimum Gasteiger partial charge on any atom is -0.497 e. The first-order chi connectivity index (χ1) is 11.6. The summed E-state index contributed by atoms with van der Waals surface area (Å²) in [6, 6.07) is 16.2. The van der Waals surface area contributed by atoms with Crippen LogP contribution in [0.4, 0.5) is 5.69 Å². The SMILES string of the molecule is COc1cccc(-c2cc(CC(=O)Nc3cccc(Cl)c3)no2)c1. The highest BCUT2D eigenvalue weighted by Gasteiger charge is 2.11. The Bertz CT molecular complexity index is 861. The minimum atomic E-state index is -0.192. The second-order valence-electron chi connectivity index (χ2n) is 5.15. The summed E-state index contributed by atoms with van der Waals surface area (Å²) < 4.78 is 10.5. The molecule has 1 aromatic heterocycles. The third kappa shape index (κ3) is 3.94. The molecular formula is C18H15ClN2O3. The van der Waals surface area contributed by atoms with Gasteiger partial charge in [-0.15, -0.1) is 0 Å². The maximum absolute atomic E-state index is 12.1. The molecule has 0 spiro atoms. The summed E-state index contributed by atoms with van der Waals surface area (Å²) in [6.45, 7) is 0. The molecule has 0 aliphatic carbocycles. The van der Waals surface area contributed by atoms with Crippen molar-refractivity contribution >= 4 is 23.2 Å². The summed E-state index contributed by atoms with van der Waals surface area (Å²) in [5.41, 5.74) is 2.03. The lowest BCUT2D eigenvalue weighted by Crippen LogP contribution is -2.14. The predicted octanol–water partition coefficient (Wildman–Crippen LogP) is 4.18. The number of hydrogen-bond acceptors (Lipinski definition) is 4. The van der Waals surface area contributed by atoms with Crippen LogP contribution in [-0.4, -0.2) is 18.2 Å². The van der Waals surface area contributed by atoms with Crippen molar-refractivity contribution in [1.82, 2.24) is 5.16 Å². The lowest BCUT2D eigenvalue weighted by Gasteiger charge is -2.03. The Morgan fingerprint density at radius 1 is 1.21 bits per heavy atom. The normalized spacial score (nSPS) is 10.4. The van der Waals surface area contributed by atoms with Crippen molar-refractivity contribution in [3.63, 3.8) is 0 Å². The van der Waals surface area contributed by atoms with Crippen LogP contribution in [0.5, 0.6) is 5.75 Å². The van der Waals surface area contributed by atoms with Gasteiger partial charge in [-0.1, -0.05) is 35.0 Å². The van der Waals surface area contributed by atoms with E-state index in [1.807, 2.05) is 24.3 Å². The number of rotatable bonds is 5. The second-order valence-corrected chi connectivity index (χ2v) is 5.59. The molecule has 0 unspecified atom stereocenters. The Morgan fingerprint density at radius 2 is 2.04 bits per heavy atom. The third-order valence-electron chi connectivity index (χ3n) is 3.36. The van der Waals surface area contributed by atoms with Crippen LogP contribution >= 0.6 is 11.6 Å². The number of nitrogens with one attached hydrogen (secondary N) is 1. The zero-order valence-corrected chi connectivity index (χ0v) is 13.7. The smallest absolute Gasteiger partial charge is 0.230 e. The van der Waals surface area contributed by atoms with Crippen molar-refractivity contribution < 1.29 is 14.1 Å². The van der Waals surface area contributed by atoms with E-state index in [1.165, 1.54) is 0 Å². The summed E-state index contributed by atoms with van der Waals surface area (Å²) in [5, 5.41) is 7.28. The van der Waals surface area contributed by atoms with Gasteiger partial charge in [-0.05, 0) is 30.3 Å². The Morgan fingerprint density at radius 3 is 2.83 bits per heavy atom. The van der Waals surface area contributed by atoms with Crippen molar-refractivity contribution in [3.8, 4) is 17.1 Å². The summed E-state index contributed by atoms with van der Waals surface area (Å²) >= 11 is 5.90. The quantitative estimate of drug-likeness (QED) is 0.755. The summed E-state index contributed by atoms with van der Waals surface area (Å²) in [4.78, 5) is 12.1. The predicted molar refractivity (Wildman–Crippen MR) is 92.3 cm³/mol. The van der Waals surface area contributed by atoms with Crippen LogP contribution in [0.2, 0.25) is 5.02 Å². The molecule has 2 aromatic carbocycles. The highest BCUT2D eigenvalue weighted by molar-refractivity contribution is 6.30. The number of benzene rings is 2. The van der Waals surface area contributed by atoms with Crippen molar-refractivity contribution in [2.75, 3.05) is 12.4 Å². The van der Waals surface area contributed by atoms with Gasteiger partial charge in [0, 0.05) is 22.3 Å².